The molecule has 0 bridgehead atoms. The molecule has 0 aromatic carbocycles. The molecule has 0 aliphatic rings. The minimum atomic E-state index is -0.219. The van der Waals surface area contributed by atoms with Crippen LogP contribution in [-0.4, -0.2) is 33.9 Å². The van der Waals surface area contributed by atoms with E-state index >= 15 is 0 Å². The monoisotopic (exact) mass is 154 g/mol. The van der Waals surface area contributed by atoms with Crippen molar-refractivity contribution in [1.29, 1.82) is 0 Å². The van der Waals surface area contributed by atoms with Gasteiger partial charge in [-0.1, -0.05) is 0 Å². The topological polar surface area (TPSA) is 40.5 Å². The van der Waals surface area contributed by atoms with Gasteiger partial charge in [-0.05, 0) is 0 Å². The van der Waals surface area contributed by atoms with Crippen LogP contribution in [0, 0.1) is 0 Å². The molecule has 0 aromatic rings. The van der Waals surface area contributed by atoms with Crippen LogP contribution in [0.15, 0.2) is 0 Å². The van der Waals surface area contributed by atoms with E-state index in [1.54, 1.807) is 0 Å². The Morgan fingerprint density at radius 1 is 1.00 bits per heavy atom. The Bertz CT molecular complexity index is 52.0. The van der Waals surface area contributed by atoms with E-state index in [4.69, 9.17) is 10.2 Å². The molecule has 0 radical (unpaired) electrons. The molecule has 0 saturated carbocycles. The van der Waals surface area contributed by atoms with E-state index in [0.717, 1.165) is 0 Å². The second-order valence-corrected chi connectivity index (χ2v) is 2.83. The van der Waals surface area contributed by atoms with Gasteiger partial charge < -0.3 is 10.2 Å². The SMILES string of the molecule is OCC(S)C(S)CO. The van der Waals surface area contributed by atoms with Crippen LogP contribution in [0.3, 0.4) is 0 Å². The van der Waals surface area contributed by atoms with Crippen molar-refractivity contribution in [3.8, 4) is 0 Å². The summed E-state index contributed by atoms with van der Waals surface area (Å²) in [6.45, 7) is -0.0876. The van der Waals surface area contributed by atoms with Crippen molar-refractivity contribution in [3.05, 3.63) is 0 Å². The summed E-state index contributed by atoms with van der Waals surface area (Å²) in [4.78, 5) is 0. The van der Waals surface area contributed by atoms with Crippen molar-refractivity contribution in [2.24, 2.45) is 0 Å². The van der Waals surface area contributed by atoms with Gasteiger partial charge in [0.15, 0.2) is 0 Å². The number of hydrogen-bond acceptors (Lipinski definition) is 4. The number of thiol groups is 2. The van der Waals surface area contributed by atoms with E-state index in [1.165, 1.54) is 0 Å². The summed E-state index contributed by atoms with van der Waals surface area (Å²) in [6, 6.07) is 0. The van der Waals surface area contributed by atoms with Gasteiger partial charge in [0.2, 0.25) is 0 Å². The molecule has 2 unspecified atom stereocenters. The number of aliphatic hydroxyl groups is 2. The maximum absolute atomic E-state index is 8.40. The molecule has 2 atom stereocenters. The van der Waals surface area contributed by atoms with Crippen LogP contribution in [-0.2, 0) is 0 Å². The molecular formula is C4H10O2S2. The first-order valence-corrected chi connectivity index (χ1v) is 3.33. The molecule has 4 heteroatoms. The van der Waals surface area contributed by atoms with E-state index in [1.807, 2.05) is 0 Å². The molecule has 2 nitrogen and oxygen atoms in total. The highest BCUT2D eigenvalue weighted by Gasteiger charge is 2.10. The van der Waals surface area contributed by atoms with Crippen molar-refractivity contribution >= 4 is 25.3 Å². The number of aliphatic hydroxyl groups excluding tert-OH is 2. The van der Waals surface area contributed by atoms with Gasteiger partial charge in [0, 0.05) is 10.5 Å². The molecule has 0 aliphatic heterocycles. The van der Waals surface area contributed by atoms with E-state index in [0.29, 0.717) is 0 Å². The first-order valence-electron chi connectivity index (χ1n) is 2.30. The fourth-order valence-corrected chi connectivity index (χ4v) is 0.432. The minimum Gasteiger partial charge on any atom is -0.395 e. The highest BCUT2D eigenvalue weighted by Crippen LogP contribution is 2.06. The van der Waals surface area contributed by atoms with Crippen molar-refractivity contribution in [2.45, 2.75) is 10.5 Å². The Balaban J connectivity index is 3.29. The predicted octanol–water partition coefficient (Wildman–Crippen LogP) is -0.432. The van der Waals surface area contributed by atoms with Crippen molar-refractivity contribution in [3.63, 3.8) is 0 Å². The van der Waals surface area contributed by atoms with Crippen molar-refractivity contribution < 1.29 is 10.2 Å². The van der Waals surface area contributed by atoms with Crippen molar-refractivity contribution in [1.82, 2.24) is 0 Å². The van der Waals surface area contributed by atoms with Gasteiger partial charge in [0.25, 0.3) is 0 Å². The third kappa shape index (κ3) is 2.81. The Labute approximate surface area is 59.7 Å². The molecule has 0 saturated heterocycles. The zero-order valence-corrected chi connectivity index (χ0v) is 6.15. The molecule has 8 heavy (non-hydrogen) atoms. The van der Waals surface area contributed by atoms with Crippen LogP contribution in [0.25, 0.3) is 0 Å². The fourth-order valence-electron chi connectivity index (χ4n) is 0.243. The maximum atomic E-state index is 8.40. The van der Waals surface area contributed by atoms with Crippen LogP contribution in [0.5, 0.6) is 0 Å². The molecule has 0 amide bonds. The van der Waals surface area contributed by atoms with Crippen LogP contribution in [0.2, 0.25) is 0 Å². The molecule has 0 aromatic heterocycles. The summed E-state index contributed by atoms with van der Waals surface area (Å²) in [7, 11) is 0. The maximum Gasteiger partial charge on any atom is 0.0559 e. The van der Waals surface area contributed by atoms with Crippen LogP contribution in [0.4, 0.5) is 0 Å². The summed E-state index contributed by atoms with van der Waals surface area (Å²) in [5, 5.41) is 16.4. The summed E-state index contributed by atoms with van der Waals surface area (Å²) in [5.74, 6) is 0. The predicted molar refractivity (Wildman–Crippen MR) is 39.7 cm³/mol. The van der Waals surface area contributed by atoms with Gasteiger partial charge in [0.05, 0.1) is 13.2 Å². The van der Waals surface area contributed by atoms with E-state index in [9.17, 15) is 0 Å². The average molecular weight is 154 g/mol. The van der Waals surface area contributed by atoms with E-state index < -0.39 is 0 Å². The third-order valence-electron chi connectivity index (χ3n) is 0.818. The van der Waals surface area contributed by atoms with Gasteiger partial charge in [0.1, 0.15) is 0 Å². The average Bonchev–Trinajstić information content (AvgIpc) is 1.84. The molecule has 2 N–H and O–H groups in total. The quantitative estimate of drug-likeness (QED) is 0.417. The second kappa shape index (κ2) is 4.49. The Morgan fingerprint density at radius 2 is 1.25 bits per heavy atom. The summed E-state index contributed by atoms with van der Waals surface area (Å²) >= 11 is 7.84. The number of hydrogen-bond donors (Lipinski definition) is 4. The Morgan fingerprint density at radius 3 is 1.38 bits per heavy atom. The van der Waals surface area contributed by atoms with Gasteiger partial charge in [-0.2, -0.15) is 25.3 Å². The molecule has 0 heterocycles. The molecule has 0 rings (SSSR count). The first kappa shape index (κ1) is 8.62. The van der Waals surface area contributed by atoms with Crippen LogP contribution < -0.4 is 0 Å². The standard InChI is InChI=1S/C4H10O2S2/c5-1-3(7)4(8)2-6/h3-8H,1-2H2. The highest BCUT2D eigenvalue weighted by atomic mass is 32.1. The summed E-state index contributed by atoms with van der Waals surface area (Å²) < 4.78 is 0. The van der Waals surface area contributed by atoms with Crippen LogP contribution in [0.1, 0.15) is 0 Å². The smallest absolute Gasteiger partial charge is 0.0559 e. The van der Waals surface area contributed by atoms with Crippen molar-refractivity contribution in [2.75, 3.05) is 13.2 Å². The zero-order valence-electron chi connectivity index (χ0n) is 4.36. The highest BCUT2D eigenvalue weighted by molar-refractivity contribution is 7.85. The minimum absolute atomic E-state index is 0.0438. The van der Waals surface area contributed by atoms with Gasteiger partial charge in [-0.3, -0.25) is 0 Å². The summed E-state index contributed by atoms with van der Waals surface area (Å²) in [6.07, 6.45) is 0. The molecule has 50 valence electrons. The fraction of sp³-hybridized carbons (Fsp3) is 1.00. The lowest BCUT2D eigenvalue weighted by Gasteiger charge is -2.11. The summed E-state index contributed by atoms with van der Waals surface area (Å²) in [5.41, 5.74) is 0. The van der Waals surface area contributed by atoms with E-state index in [2.05, 4.69) is 25.3 Å². The zero-order chi connectivity index (χ0) is 6.57. The largest absolute Gasteiger partial charge is 0.395 e. The first-order chi connectivity index (χ1) is 3.72. The van der Waals surface area contributed by atoms with Gasteiger partial charge in [-0.15, -0.1) is 0 Å². The third-order valence-corrected chi connectivity index (χ3v) is 2.10. The Hall–Kier alpha value is 0.620. The Kier molecular flexibility index (Phi) is 4.84. The molecular weight excluding hydrogens is 144 g/mol. The second-order valence-electron chi connectivity index (χ2n) is 1.50. The molecule has 0 aliphatic carbocycles. The molecule has 0 spiro atoms. The van der Waals surface area contributed by atoms with Gasteiger partial charge >= 0.3 is 0 Å². The van der Waals surface area contributed by atoms with E-state index in [-0.39, 0.29) is 23.7 Å². The lowest BCUT2D eigenvalue weighted by molar-refractivity contribution is 0.254. The van der Waals surface area contributed by atoms with Crippen LogP contribution >= 0.6 is 25.3 Å². The molecule has 0 fully saturated rings. The normalized spacial score (nSPS) is 18.0. The van der Waals surface area contributed by atoms with Gasteiger partial charge in [-0.25, -0.2) is 0 Å². The number of rotatable bonds is 3. The lowest BCUT2D eigenvalue weighted by Crippen LogP contribution is -2.22. The lowest BCUT2D eigenvalue weighted by atomic mass is 10.3.